The van der Waals surface area contributed by atoms with E-state index in [9.17, 15) is 4.39 Å². The summed E-state index contributed by atoms with van der Waals surface area (Å²) in [6.45, 7) is 3.50. The van der Waals surface area contributed by atoms with Crippen molar-refractivity contribution in [1.29, 1.82) is 0 Å². The summed E-state index contributed by atoms with van der Waals surface area (Å²) < 4.78 is 14.1. The highest BCUT2D eigenvalue weighted by Gasteiger charge is 2.27. The summed E-state index contributed by atoms with van der Waals surface area (Å²) in [4.78, 5) is 4.54. The van der Waals surface area contributed by atoms with E-state index in [2.05, 4.69) is 23.9 Å². The first-order valence-corrected chi connectivity index (χ1v) is 7.93. The van der Waals surface area contributed by atoms with Gasteiger partial charge in [-0.3, -0.25) is 4.90 Å². The monoisotopic (exact) mass is 313 g/mol. The van der Waals surface area contributed by atoms with Crippen molar-refractivity contribution in [3.8, 4) is 0 Å². The van der Waals surface area contributed by atoms with Crippen LogP contribution in [0, 0.1) is 11.7 Å². The molecule has 0 aromatic heterocycles. The third kappa shape index (κ3) is 4.39. The lowest BCUT2D eigenvalue weighted by atomic mass is 9.93. The molecular formula is C16H25ClFN3. The van der Waals surface area contributed by atoms with Gasteiger partial charge in [-0.1, -0.05) is 17.7 Å². The largest absolute Gasteiger partial charge is 0.329 e. The van der Waals surface area contributed by atoms with Gasteiger partial charge in [-0.2, -0.15) is 0 Å². The van der Waals surface area contributed by atoms with E-state index in [-0.39, 0.29) is 11.9 Å². The molecule has 1 unspecified atom stereocenters. The molecule has 0 spiro atoms. The Hall–Kier alpha value is -0.680. The van der Waals surface area contributed by atoms with Gasteiger partial charge < -0.3 is 10.6 Å². The first-order valence-electron chi connectivity index (χ1n) is 7.55. The van der Waals surface area contributed by atoms with Gasteiger partial charge in [-0.25, -0.2) is 4.39 Å². The Morgan fingerprint density at radius 3 is 2.57 bits per heavy atom. The maximum atomic E-state index is 14.1. The number of nitrogens with two attached hydrogens (primary N) is 1. The van der Waals surface area contributed by atoms with Gasteiger partial charge in [0.15, 0.2) is 0 Å². The average Bonchev–Trinajstić information content (AvgIpc) is 2.43. The second-order valence-electron chi connectivity index (χ2n) is 6.16. The number of hydrogen-bond acceptors (Lipinski definition) is 3. The summed E-state index contributed by atoms with van der Waals surface area (Å²) in [6.07, 6.45) is 2.29. The third-order valence-electron chi connectivity index (χ3n) is 4.26. The fraction of sp³-hybridized carbons (Fsp3) is 0.625. The van der Waals surface area contributed by atoms with E-state index in [0.29, 0.717) is 17.1 Å². The van der Waals surface area contributed by atoms with Crippen LogP contribution in [0.15, 0.2) is 18.2 Å². The lowest BCUT2D eigenvalue weighted by Crippen LogP contribution is -2.41. The van der Waals surface area contributed by atoms with Crippen LogP contribution in [0.1, 0.15) is 24.4 Å². The predicted octanol–water partition coefficient (Wildman–Crippen LogP) is 2.75. The molecule has 0 radical (unpaired) electrons. The molecule has 1 saturated heterocycles. The minimum atomic E-state index is -0.256. The minimum Gasteiger partial charge on any atom is -0.329 e. The van der Waals surface area contributed by atoms with E-state index in [1.54, 1.807) is 12.1 Å². The molecule has 0 amide bonds. The molecule has 5 heteroatoms. The average molecular weight is 314 g/mol. The van der Waals surface area contributed by atoms with E-state index >= 15 is 0 Å². The number of benzene rings is 1. The van der Waals surface area contributed by atoms with Crippen molar-refractivity contribution in [2.24, 2.45) is 11.7 Å². The molecule has 2 N–H and O–H groups in total. The van der Waals surface area contributed by atoms with Crippen molar-refractivity contribution in [3.05, 3.63) is 34.6 Å². The Labute approximate surface area is 131 Å². The second kappa shape index (κ2) is 7.54. The quantitative estimate of drug-likeness (QED) is 0.907. The van der Waals surface area contributed by atoms with Crippen LogP contribution in [-0.2, 0) is 0 Å². The van der Waals surface area contributed by atoms with Crippen molar-refractivity contribution in [2.75, 3.05) is 40.3 Å². The van der Waals surface area contributed by atoms with Crippen LogP contribution in [0.25, 0.3) is 0 Å². The van der Waals surface area contributed by atoms with Gasteiger partial charge in [0, 0.05) is 29.7 Å². The fourth-order valence-corrected chi connectivity index (χ4v) is 3.37. The highest BCUT2D eigenvalue weighted by Crippen LogP contribution is 2.29. The molecule has 3 nitrogen and oxygen atoms in total. The van der Waals surface area contributed by atoms with Crippen molar-refractivity contribution >= 4 is 11.6 Å². The van der Waals surface area contributed by atoms with Gasteiger partial charge in [0.2, 0.25) is 0 Å². The number of nitrogens with zero attached hydrogens (tertiary/aromatic N) is 2. The smallest absolute Gasteiger partial charge is 0.129 e. The molecule has 1 aromatic rings. The summed E-state index contributed by atoms with van der Waals surface area (Å²) in [5.41, 5.74) is 6.57. The van der Waals surface area contributed by atoms with E-state index < -0.39 is 0 Å². The van der Waals surface area contributed by atoms with Gasteiger partial charge in [-0.05, 0) is 58.1 Å². The number of likely N-dealkylation sites (tertiary alicyclic amines) is 1. The third-order valence-corrected chi connectivity index (χ3v) is 4.49. The van der Waals surface area contributed by atoms with E-state index in [0.717, 1.165) is 38.4 Å². The number of halogens is 2. The lowest BCUT2D eigenvalue weighted by molar-refractivity contribution is 0.121. The summed E-state index contributed by atoms with van der Waals surface area (Å²) in [5.74, 6) is 0.470. The van der Waals surface area contributed by atoms with Crippen molar-refractivity contribution in [3.63, 3.8) is 0 Å². The van der Waals surface area contributed by atoms with Crippen LogP contribution in [0.4, 0.5) is 4.39 Å². The Bertz CT molecular complexity index is 459. The van der Waals surface area contributed by atoms with Gasteiger partial charge in [0.1, 0.15) is 5.82 Å². The molecule has 1 atom stereocenters. The van der Waals surface area contributed by atoms with E-state index in [4.69, 9.17) is 17.3 Å². The van der Waals surface area contributed by atoms with Crippen LogP contribution in [0.3, 0.4) is 0 Å². The van der Waals surface area contributed by atoms with Crippen LogP contribution >= 0.6 is 11.6 Å². The number of piperidine rings is 1. The molecule has 1 aliphatic heterocycles. The molecule has 1 heterocycles. The molecular weight excluding hydrogens is 289 g/mol. The molecule has 118 valence electrons. The lowest BCUT2D eigenvalue weighted by Gasteiger charge is -2.38. The van der Waals surface area contributed by atoms with Crippen LogP contribution < -0.4 is 5.73 Å². The Kier molecular flexibility index (Phi) is 5.99. The summed E-state index contributed by atoms with van der Waals surface area (Å²) in [7, 11) is 4.22. The summed E-state index contributed by atoms with van der Waals surface area (Å²) in [6, 6.07) is 4.82. The minimum absolute atomic E-state index is 0.0532. The number of hydrogen-bond donors (Lipinski definition) is 1. The van der Waals surface area contributed by atoms with Crippen molar-refractivity contribution in [2.45, 2.75) is 18.9 Å². The van der Waals surface area contributed by atoms with E-state index in [1.165, 1.54) is 6.07 Å². The highest BCUT2D eigenvalue weighted by atomic mass is 35.5. The SMILES string of the molecule is CN(C)CC1CCN(C(CN)c2ccc(Cl)cc2F)CC1. The number of rotatable bonds is 5. The van der Waals surface area contributed by atoms with Gasteiger partial charge >= 0.3 is 0 Å². The van der Waals surface area contributed by atoms with Gasteiger partial charge in [0.25, 0.3) is 0 Å². The molecule has 0 saturated carbocycles. The Morgan fingerprint density at radius 1 is 1.38 bits per heavy atom. The maximum Gasteiger partial charge on any atom is 0.129 e. The normalized spacial score (nSPS) is 19.1. The van der Waals surface area contributed by atoms with Crippen molar-refractivity contribution < 1.29 is 4.39 Å². The first kappa shape index (κ1) is 16.7. The summed E-state index contributed by atoms with van der Waals surface area (Å²) >= 11 is 5.83. The van der Waals surface area contributed by atoms with Crippen molar-refractivity contribution in [1.82, 2.24) is 9.80 Å². The second-order valence-corrected chi connectivity index (χ2v) is 6.60. The molecule has 2 rings (SSSR count). The molecule has 0 aliphatic carbocycles. The summed E-state index contributed by atoms with van der Waals surface area (Å²) in [5, 5.41) is 0.428. The van der Waals surface area contributed by atoms with E-state index in [1.807, 2.05) is 0 Å². The predicted molar refractivity (Wildman–Crippen MR) is 86.1 cm³/mol. The van der Waals surface area contributed by atoms with Gasteiger partial charge in [-0.15, -0.1) is 0 Å². The topological polar surface area (TPSA) is 32.5 Å². The standard InChI is InChI=1S/C16H25ClFN3/c1-20(2)11-12-5-7-21(8-6-12)16(10-19)14-4-3-13(17)9-15(14)18/h3-4,9,12,16H,5-8,10-11,19H2,1-2H3. The first-order chi connectivity index (χ1) is 10.0. The zero-order chi connectivity index (χ0) is 15.4. The molecule has 1 fully saturated rings. The maximum absolute atomic E-state index is 14.1. The molecule has 0 bridgehead atoms. The van der Waals surface area contributed by atoms with Crippen LogP contribution in [0.2, 0.25) is 5.02 Å². The zero-order valence-electron chi connectivity index (χ0n) is 12.9. The van der Waals surface area contributed by atoms with Crippen LogP contribution in [0.5, 0.6) is 0 Å². The molecule has 1 aromatic carbocycles. The molecule has 21 heavy (non-hydrogen) atoms. The Balaban J connectivity index is 2.02. The molecule has 1 aliphatic rings. The van der Waals surface area contributed by atoms with Gasteiger partial charge in [0.05, 0.1) is 0 Å². The zero-order valence-corrected chi connectivity index (χ0v) is 13.6. The van der Waals surface area contributed by atoms with Crippen LogP contribution in [-0.4, -0.2) is 50.1 Å². The highest BCUT2D eigenvalue weighted by molar-refractivity contribution is 6.30. The Morgan fingerprint density at radius 2 is 2.05 bits per heavy atom. The fourth-order valence-electron chi connectivity index (χ4n) is 3.21.